The number of nitro benzene ring substituents is 1. The fraction of sp³-hybridized carbons (Fsp3) is 0.261. The van der Waals surface area contributed by atoms with Crippen molar-refractivity contribution in [2.45, 2.75) is 25.8 Å². The van der Waals surface area contributed by atoms with Crippen LogP contribution in [0.4, 0.5) is 17.1 Å². The summed E-state index contributed by atoms with van der Waals surface area (Å²) >= 11 is 0. The third kappa shape index (κ3) is 3.62. The number of carbonyl (C=O) groups excluding carboxylic acids is 3. The van der Waals surface area contributed by atoms with Crippen molar-refractivity contribution in [1.29, 1.82) is 0 Å². The fourth-order valence-corrected chi connectivity index (χ4v) is 4.08. The van der Waals surface area contributed by atoms with E-state index in [1.807, 2.05) is 0 Å². The Morgan fingerprint density at radius 3 is 2.69 bits per heavy atom. The number of carbonyl (C=O) groups is 3. The Kier molecular flexibility index (Phi) is 5.48. The van der Waals surface area contributed by atoms with Gasteiger partial charge in [0.25, 0.3) is 11.6 Å². The molecule has 0 N–H and O–H groups in total. The van der Waals surface area contributed by atoms with Crippen molar-refractivity contribution in [3.8, 4) is 5.75 Å². The molecule has 0 bridgehead atoms. The summed E-state index contributed by atoms with van der Waals surface area (Å²) in [6.07, 6.45) is 2.13. The molecule has 4 rings (SSSR count). The first kappa shape index (κ1) is 21.2. The molecule has 2 aromatic carbocycles. The number of anilines is 2. The Bertz CT molecular complexity index is 1160. The number of nitrogens with zero attached hydrogens (tertiary/aromatic N) is 3. The molecule has 0 aromatic heterocycles. The number of Topliss-reactive ketones (excluding diaryl/α,β-unsaturated/α-hetero) is 1. The van der Waals surface area contributed by atoms with Crippen LogP contribution >= 0.6 is 0 Å². The van der Waals surface area contributed by atoms with E-state index in [4.69, 9.17) is 4.74 Å². The molecule has 0 spiro atoms. The van der Waals surface area contributed by atoms with Gasteiger partial charge >= 0.3 is 0 Å². The third-order valence-corrected chi connectivity index (χ3v) is 5.68. The Labute approximate surface area is 184 Å². The van der Waals surface area contributed by atoms with Gasteiger partial charge in [-0.3, -0.25) is 24.5 Å². The molecular formula is C23H21N3O6. The minimum atomic E-state index is -0.839. The highest BCUT2D eigenvalue weighted by molar-refractivity contribution is 6.10. The largest absolute Gasteiger partial charge is 0.482 e. The van der Waals surface area contributed by atoms with Crippen molar-refractivity contribution >= 4 is 34.7 Å². The van der Waals surface area contributed by atoms with Gasteiger partial charge < -0.3 is 14.5 Å². The van der Waals surface area contributed by atoms with Gasteiger partial charge in [0, 0.05) is 36.3 Å². The summed E-state index contributed by atoms with van der Waals surface area (Å²) in [6, 6.07) is 8.27. The Morgan fingerprint density at radius 2 is 1.97 bits per heavy atom. The van der Waals surface area contributed by atoms with Crippen molar-refractivity contribution in [3.05, 3.63) is 70.3 Å². The molecule has 0 aliphatic carbocycles. The second-order valence-electron chi connectivity index (χ2n) is 7.64. The van der Waals surface area contributed by atoms with Gasteiger partial charge in [-0.15, -0.1) is 6.58 Å². The highest BCUT2D eigenvalue weighted by Gasteiger charge is 2.34. The van der Waals surface area contributed by atoms with Crippen LogP contribution in [0, 0.1) is 10.1 Å². The van der Waals surface area contributed by atoms with Crippen LogP contribution in [0.15, 0.2) is 49.1 Å². The molecule has 2 heterocycles. The fourth-order valence-electron chi connectivity index (χ4n) is 4.08. The summed E-state index contributed by atoms with van der Waals surface area (Å²) < 4.78 is 5.46. The van der Waals surface area contributed by atoms with Crippen LogP contribution < -0.4 is 14.5 Å². The van der Waals surface area contributed by atoms with Crippen LogP contribution in [0.3, 0.4) is 0 Å². The van der Waals surface area contributed by atoms with E-state index in [-0.39, 0.29) is 42.9 Å². The summed E-state index contributed by atoms with van der Waals surface area (Å²) in [7, 11) is 0. The highest BCUT2D eigenvalue weighted by atomic mass is 16.6. The summed E-state index contributed by atoms with van der Waals surface area (Å²) in [5.74, 6) is -0.292. The van der Waals surface area contributed by atoms with E-state index in [1.165, 1.54) is 28.0 Å². The summed E-state index contributed by atoms with van der Waals surface area (Å²) in [4.78, 5) is 51.8. The predicted octanol–water partition coefficient (Wildman–Crippen LogP) is 3.06. The van der Waals surface area contributed by atoms with Crippen LogP contribution in [-0.2, 0) is 16.0 Å². The molecule has 2 aliphatic rings. The van der Waals surface area contributed by atoms with E-state index in [1.54, 1.807) is 31.2 Å². The van der Waals surface area contributed by atoms with Gasteiger partial charge in [-0.05, 0) is 43.2 Å². The van der Waals surface area contributed by atoms with Crippen molar-refractivity contribution in [2.24, 2.45) is 0 Å². The minimum Gasteiger partial charge on any atom is -0.482 e. The van der Waals surface area contributed by atoms with E-state index >= 15 is 0 Å². The zero-order valence-electron chi connectivity index (χ0n) is 17.4. The lowest BCUT2D eigenvalue weighted by atomic mass is 9.96. The quantitative estimate of drug-likeness (QED) is 0.299. The number of benzene rings is 2. The Morgan fingerprint density at radius 1 is 1.19 bits per heavy atom. The second-order valence-corrected chi connectivity index (χ2v) is 7.64. The van der Waals surface area contributed by atoms with E-state index in [2.05, 4.69) is 6.58 Å². The van der Waals surface area contributed by atoms with Crippen molar-refractivity contribution < 1.29 is 24.0 Å². The van der Waals surface area contributed by atoms with Crippen LogP contribution in [-0.4, -0.2) is 41.7 Å². The molecule has 2 aromatic rings. The van der Waals surface area contributed by atoms with Gasteiger partial charge in [0.2, 0.25) is 5.91 Å². The molecule has 0 fully saturated rings. The molecule has 0 saturated carbocycles. The highest BCUT2D eigenvalue weighted by Crippen LogP contribution is 2.35. The van der Waals surface area contributed by atoms with Gasteiger partial charge in [-0.25, -0.2) is 0 Å². The summed E-state index contributed by atoms with van der Waals surface area (Å²) in [5.41, 5.74) is 1.89. The number of ether oxygens (including phenoxy) is 1. The van der Waals surface area contributed by atoms with Gasteiger partial charge in [-0.2, -0.15) is 0 Å². The first-order valence-electron chi connectivity index (χ1n) is 10.1. The molecule has 0 saturated heterocycles. The molecule has 9 heteroatoms. The van der Waals surface area contributed by atoms with Crippen molar-refractivity contribution in [2.75, 3.05) is 23.0 Å². The number of amides is 2. The molecule has 2 aliphatic heterocycles. The SMILES string of the molecule is C=CCN1C(=O)COc2ccc(C(=O)C(C)N3C(=O)CCc4cc([N+](=O)[O-])ccc43)cc21. The van der Waals surface area contributed by atoms with Gasteiger partial charge in [0.1, 0.15) is 5.75 Å². The number of aryl methyl sites for hydroxylation is 1. The van der Waals surface area contributed by atoms with Crippen LogP contribution in [0.2, 0.25) is 0 Å². The normalized spacial score (nSPS) is 16.0. The standard InChI is InChI=1S/C23H21N3O6/c1-3-10-24-19-12-16(4-8-20(19)32-13-22(24)28)23(29)14(2)25-18-7-6-17(26(30)31)11-15(18)5-9-21(25)27/h3-4,6-8,11-12,14H,1,5,9-10,13H2,2H3. The lowest BCUT2D eigenvalue weighted by Gasteiger charge is -2.34. The van der Waals surface area contributed by atoms with E-state index in [0.717, 1.165) is 0 Å². The van der Waals surface area contributed by atoms with Gasteiger partial charge in [-0.1, -0.05) is 6.08 Å². The van der Waals surface area contributed by atoms with E-state index < -0.39 is 11.0 Å². The first-order chi connectivity index (χ1) is 15.3. The Hall–Kier alpha value is -4.01. The second kappa shape index (κ2) is 8.26. The molecule has 0 radical (unpaired) electrons. The molecule has 1 atom stereocenters. The molecular weight excluding hydrogens is 414 g/mol. The van der Waals surface area contributed by atoms with Crippen molar-refractivity contribution in [3.63, 3.8) is 0 Å². The van der Waals surface area contributed by atoms with E-state index in [0.29, 0.717) is 34.7 Å². The average molecular weight is 435 g/mol. The molecule has 9 nitrogen and oxygen atoms in total. The maximum Gasteiger partial charge on any atom is 0.269 e. The van der Waals surface area contributed by atoms with Crippen LogP contribution in [0.25, 0.3) is 0 Å². The molecule has 2 amide bonds. The van der Waals surface area contributed by atoms with Crippen molar-refractivity contribution in [1.82, 2.24) is 0 Å². The number of rotatable bonds is 6. The topological polar surface area (TPSA) is 110 Å². The Balaban J connectivity index is 1.68. The lowest BCUT2D eigenvalue weighted by Crippen LogP contribution is -2.46. The zero-order valence-corrected chi connectivity index (χ0v) is 17.4. The maximum absolute atomic E-state index is 13.3. The minimum absolute atomic E-state index is 0.0568. The van der Waals surface area contributed by atoms with Crippen LogP contribution in [0.5, 0.6) is 5.75 Å². The first-order valence-corrected chi connectivity index (χ1v) is 10.1. The number of hydrogen-bond donors (Lipinski definition) is 0. The summed E-state index contributed by atoms with van der Waals surface area (Å²) in [6.45, 7) is 5.48. The molecule has 32 heavy (non-hydrogen) atoms. The predicted molar refractivity (Wildman–Crippen MR) is 117 cm³/mol. The number of fused-ring (bicyclic) bond motifs is 2. The summed E-state index contributed by atoms with van der Waals surface area (Å²) in [5, 5.41) is 11.1. The average Bonchev–Trinajstić information content (AvgIpc) is 2.79. The third-order valence-electron chi connectivity index (χ3n) is 5.68. The van der Waals surface area contributed by atoms with Gasteiger partial charge in [0.05, 0.1) is 16.7 Å². The monoisotopic (exact) mass is 435 g/mol. The maximum atomic E-state index is 13.3. The van der Waals surface area contributed by atoms with Crippen LogP contribution in [0.1, 0.15) is 29.3 Å². The number of non-ortho nitro benzene ring substituents is 1. The zero-order chi connectivity index (χ0) is 23.0. The van der Waals surface area contributed by atoms with E-state index in [9.17, 15) is 24.5 Å². The smallest absolute Gasteiger partial charge is 0.269 e. The number of nitro groups is 1. The molecule has 1 unspecified atom stereocenters. The van der Waals surface area contributed by atoms with Gasteiger partial charge in [0.15, 0.2) is 12.4 Å². The number of ketones is 1. The number of hydrogen-bond acceptors (Lipinski definition) is 6. The lowest BCUT2D eigenvalue weighted by molar-refractivity contribution is -0.384. The molecule has 164 valence electrons.